The van der Waals surface area contributed by atoms with Gasteiger partial charge in [0, 0.05) is 24.0 Å². The predicted octanol–water partition coefficient (Wildman–Crippen LogP) is 3.57. The first kappa shape index (κ1) is 21.4. The molecule has 1 amide bonds. The van der Waals surface area contributed by atoms with E-state index < -0.39 is 5.69 Å². The lowest BCUT2D eigenvalue weighted by molar-refractivity contribution is -0.121. The van der Waals surface area contributed by atoms with Crippen LogP contribution in [0.4, 0.5) is 0 Å². The summed E-state index contributed by atoms with van der Waals surface area (Å²) < 4.78 is 1.94. The number of hydrogen-bond acceptors (Lipinski definition) is 3. The van der Waals surface area contributed by atoms with Crippen LogP contribution in [0.3, 0.4) is 0 Å². The lowest BCUT2D eigenvalue weighted by atomic mass is 9.99. The monoisotopic (exact) mass is 437 g/mol. The third kappa shape index (κ3) is 6.06. The fraction of sp³-hybridized carbons (Fsp3) is 0.550. The molecule has 1 aromatic carbocycles. The zero-order chi connectivity index (χ0) is 19.8. The molecule has 1 heterocycles. The van der Waals surface area contributed by atoms with E-state index in [2.05, 4.69) is 40.1 Å². The maximum atomic E-state index is 12.6. The van der Waals surface area contributed by atoms with Crippen molar-refractivity contribution in [2.45, 2.75) is 58.9 Å². The summed E-state index contributed by atoms with van der Waals surface area (Å²) in [4.78, 5) is 39.5. The van der Waals surface area contributed by atoms with Gasteiger partial charge in [0.15, 0.2) is 0 Å². The van der Waals surface area contributed by atoms with E-state index in [0.717, 1.165) is 28.3 Å². The average Bonchev–Trinajstić information content (AvgIpc) is 2.65. The van der Waals surface area contributed by atoms with Crippen molar-refractivity contribution >= 4 is 32.7 Å². The highest BCUT2D eigenvalue weighted by atomic mass is 79.9. The number of aromatic nitrogens is 2. The second kappa shape index (κ2) is 10.4. The maximum absolute atomic E-state index is 12.6. The van der Waals surface area contributed by atoms with Crippen LogP contribution in [-0.4, -0.2) is 22.0 Å². The zero-order valence-corrected chi connectivity index (χ0v) is 17.6. The largest absolute Gasteiger partial charge is 0.356 e. The number of aromatic amines is 1. The normalized spacial score (nSPS) is 12.3. The summed E-state index contributed by atoms with van der Waals surface area (Å²) in [7, 11) is 0. The Morgan fingerprint density at radius 3 is 2.74 bits per heavy atom. The van der Waals surface area contributed by atoms with E-state index in [1.807, 2.05) is 0 Å². The van der Waals surface area contributed by atoms with Crippen molar-refractivity contribution in [1.29, 1.82) is 0 Å². The standard InChI is InChI=1S/C20H28BrN3O3/c1-3-5-7-14(4-2)13-22-18(25)8-6-11-24-19(26)16-12-15(21)9-10-17(16)23-20(24)27/h9-10,12,14H,3-8,11,13H2,1-2H3,(H,22,25)(H,23,27)/t14-/m0/s1. The number of H-pyrrole nitrogens is 1. The highest BCUT2D eigenvalue weighted by Crippen LogP contribution is 2.14. The van der Waals surface area contributed by atoms with Gasteiger partial charge in [0.05, 0.1) is 10.9 Å². The quantitative estimate of drug-likeness (QED) is 0.595. The van der Waals surface area contributed by atoms with Crippen LogP contribution in [-0.2, 0) is 11.3 Å². The molecule has 2 rings (SSSR count). The number of nitrogens with one attached hydrogen (secondary N) is 2. The van der Waals surface area contributed by atoms with E-state index >= 15 is 0 Å². The van der Waals surface area contributed by atoms with Crippen molar-refractivity contribution in [3.63, 3.8) is 0 Å². The van der Waals surface area contributed by atoms with E-state index in [-0.39, 0.29) is 18.0 Å². The van der Waals surface area contributed by atoms with Crippen LogP contribution in [0.2, 0.25) is 0 Å². The highest BCUT2D eigenvalue weighted by molar-refractivity contribution is 9.10. The lowest BCUT2D eigenvalue weighted by Gasteiger charge is -2.15. The number of rotatable bonds is 10. The molecule has 0 unspecified atom stereocenters. The van der Waals surface area contributed by atoms with Gasteiger partial charge in [-0.3, -0.25) is 14.2 Å². The second-order valence-electron chi connectivity index (χ2n) is 6.90. The smallest absolute Gasteiger partial charge is 0.328 e. The van der Waals surface area contributed by atoms with Crippen LogP contribution in [0.15, 0.2) is 32.3 Å². The van der Waals surface area contributed by atoms with Crippen molar-refractivity contribution < 1.29 is 4.79 Å². The van der Waals surface area contributed by atoms with E-state index in [1.165, 1.54) is 6.42 Å². The average molecular weight is 438 g/mol. The van der Waals surface area contributed by atoms with Gasteiger partial charge in [-0.15, -0.1) is 0 Å². The number of carbonyl (C=O) groups is 1. The molecule has 2 N–H and O–H groups in total. The Labute approximate surface area is 167 Å². The van der Waals surface area contributed by atoms with E-state index in [4.69, 9.17) is 0 Å². The Morgan fingerprint density at radius 2 is 2.04 bits per heavy atom. The molecular formula is C20H28BrN3O3. The molecule has 27 heavy (non-hydrogen) atoms. The Bertz CT molecular complexity index is 888. The fourth-order valence-electron chi connectivity index (χ4n) is 3.11. The van der Waals surface area contributed by atoms with Crippen LogP contribution in [0, 0.1) is 5.92 Å². The molecule has 0 bridgehead atoms. The topological polar surface area (TPSA) is 84.0 Å². The number of fused-ring (bicyclic) bond motifs is 1. The number of benzene rings is 1. The molecule has 0 aliphatic carbocycles. The van der Waals surface area contributed by atoms with Gasteiger partial charge >= 0.3 is 5.69 Å². The molecule has 6 nitrogen and oxygen atoms in total. The summed E-state index contributed by atoms with van der Waals surface area (Å²) in [5, 5.41) is 3.43. The minimum atomic E-state index is -0.444. The summed E-state index contributed by atoms with van der Waals surface area (Å²) in [6.45, 7) is 5.22. The molecule has 0 saturated carbocycles. The molecule has 0 spiro atoms. The first-order chi connectivity index (χ1) is 13.0. The van der Waals surface area contributed by atoms with E-state index in [9.17, 15) is 14.4 Å². The minimum Gasteiger partial charge on any atom is -0.356 e. The maximum Gasteiger partial charge on any atom is 0.328 e. The molecular weight excluding hydrogens is 410 g/mol. The van der Waals surface area contributed by atoms with Crippen molar-refractivity contribution in [3.05, 3.63) is 43.5 Å². The van der Waals surface area contributed by atoms with Crippen molar-refractivity contribution in [3.8, 4) is 0 Å². The summed E-state index contributed by atoms with van der Waals surface area (Å²) in [5.41, 5.74) is -0.262. The first-order valence-corrected chi connectivity index (χ1v) is 10.4. The molecule has 0 saturated heterocycles. The van der Waals surface area contributed by atoms with Gasteiger partial charge in [0.25, 0.3) is 5.56 Å². The number of nitrogens with zero attached hydrogens (tertiary/aromatic N) is 1. The summed E-state index contributed by atoms with van der Waals surface area (Å²) in [6.07, 6.45) is 5.27. The summed E-state index contributed by atoms with van der Waals surface area (Å²) in [5.74, 6) is 0.483. The molecule has 148 valence electrons. The van der Waals surface area contributed by atoms with Crippen molar-refractivity contribution in [1.82, 2.24) is 14.9 Å². The van der Waals surface area contributed by atoms with Gasteiger partial charge in [-0.1, -0.05) is 49.0 Å². The predicted molar refractivity (Wildman–Crippen MR) is 112 cm³/mol. The Kier molecular flexibility index (Phi) is 8.28. The summed E-state index contributed by atoms with van der Waals surface area (Å²) >= 11 is 3.34. The number of hydrogen-bond donors (Lipinski definition) is 2. The molecule has 2 aromatic rings. The molecule has 1 aromatic heterocycles. The number of carbonyl (C=O) groups excluding carboxylic acids is 1. The van der Waals surface area contributed by atoms with Gasteiger partial charge in [0.2, 0.25) is 5.91 Å². The van der Waals surface area contributed by atoms with E-state index in [1.54, 1.807) is 18.2 Å². The lowest BCUT2D eigenvalue weighted by Crippen LogP contribution is -2.35. The number of halogens is 1. The van der Waals surface area contributed by atoms with Crippen LogP contribution >= 0.6 is 15.9 Å². The molecule has 0 aliphatic rings. The molecule has 1 atom stereocenters. The first-order valence-electron chi connectivity index (χ1n) is 9.65. The van der Waals surface area contributed by atoms with Crippen LogP contribution in [0.5, 0.6) is 0 Å². The number of unbranched alkanes of at least 4 members (excludes halogenated alkanes) is 1. The zero-order valence-electron chi connectivity index (χ0n) is 16.0. The van der Waals surface area contributed by atoms with Crippen LogP contribution < -0.4 is 16.6 Å². The fourth-order valence-corrected chi connectivity index (χ4v) is 3.47. The molecule has 0 aliphatic heterocycles. The molecule has 0 radical (unpaired) electrons. The van der Waals surface area contributed by atoms with Gasteiger partial charge in [-0.2, -0.15) is 0 Å². The van der Waals surface area contributed by atoms with E-state index in [0.29, 0.717) is 36.2 Å². The second-order valence-corrected chi connectivity index (χ2v) is 7.82. The summed E-state index contributed by atoms with van der Waals surface area (Å²) in [6, 6.07) is 5.16. The third-order valence-corrected chi connectivity index (χ3v) is 5.35. The van der Waals surface area contributed by atoms with Gasteiger partial charge in [-0.05, 0) is 37.0 Å². The number of amides is 1. The van der Waals surface area contributed by atoms with Crippen molar-refractivity contribution in [2.24, 2.45) is 5.92 Å². The van der Waals surface area contributed by atoms with Crippen LogP contribution in [0.1, 0.15) is 52.4 Å². The Balaban J connectivity index is 1.92. The highest BCUT2D eigenvalue weighted by Gasteiger charge is 2.11. The minimum absolute atomic E-state index is 0.0297. The SMILES string of the molecule is CCCC[C@H](CC)CNC(=O)CCCn1c(=O)[nH]c2ccc(Br)cc2c1=O. The molecule has 7 heteroatoms. The van der Waals surface area contributed by atoms with Crippen molar-refractivity contribution in [2.75, 3.05) is 6.54 Å². The van der Waals surface area contributed by atoms with Gasteiger partial charge in [-0.25, -0.2) is 4.79 Å². The van der Waals surface area contributed by atoms with Gasteiger partial charge < -0.3 is 10.3 Å². The third-order valence-electron chi connectivity index (χ3n) is 4.86. The molecule has 0 fully saturated rings. The van der Waals surface area contributed by atoms with Gasteiger partial charge in [0.1, 0.15) is 0 Å². The Hall–Kier alpha value is -1.89. The Morgan fingerprint density at radius 1 is 1.26 bits per heavy atom. The van der Waals surface area contributed by atoms with Crippen LogP contribution in [0.25, 0.3) is 10.9 Å².